The summed E-state index contributed by atoms with van der Waals surface area (Å²) in [6, 6.07) is 3.68. The molecule has 1 aromatic rings. The summed E-state index contributed by atoms with van der Waals surface area (Å²) in [4.78, 5) is 0. The van der Waals surface area contributed by atoms with E-state index in [1.165, 1.54) is 6.07 Å². The molecule has 1 nitrogen and oxygen atoms in total. The Labute approximate surface area is 88.3 Å². The molecule has 0 aromatic heterocycles. The van der Waals surface area contributed by atoms with Crippen molar-refractivity contribution in [1.82, 2.24) is 5.32 Å². The van der Waals surface area contributed by atoms with Crippen LogP contribution in [-0.4, -0.2) is 6.54 Å². The molecule has 2 rings (SSSR count). The van der Waals surface area contributed by atoms with Crippen molar-refractivity contribution < 1.29 is 4.39 Å². The van der Waals surface area contributed by atoms with Crippen molar-refractivity contribution in [2.75, 3.05) is 6.54 Å². The average molecular weight is 214 g/mol. The van der Waals surface area contributed by atoms with Gasteiger partial charge in [-0.15, -0.1) is 0 Å². The maximum absolute atomic E-state index is 13.2. The van der Waals surface area contributed by atoms with Gasteiger partial charge in [-0.2, -0.15) is 0 Å². The van der Waals surface area contributed by atoms with E-state index in [1.54, 1.807) is 0 Å². The van der Waals surface area contributed by atoms with Gasteiger partial charge in [-0.1, -0.05) is 24.6 Å². The lowest BCUT2D eigenvalue weighted by Gasteiger charge is -2.30. The molecule has 76 valence electrons. The van der Waals surface area contributed by atoms with Gasteiger partial charge >= 0.3 is 0 Å². The van der Waals surface area contributed by atoms with E-state index in [0.29, 0.717) is 11.1 Å². The quantitative estimate of drug-likeness (QED) is 0.796. The van der Waals surface area contributed by atoms with E-state index in [9.17, 15) is 4.39 Å². The number of rotatable bonds is 2. The first-order chi connectivity index (χ1) is 6.74. The molecule has 0 spiro atoms. The predicted molar refractivity (Wildman–Crippen MR) is 56.1 cm³/mol. The van der Waals surface area contributed by atoms with Crippen LogP contribution < -0.4 is 5.32 Å². The Hall–Kier alpha value is -0.600. The Morgan fingerprint density at radius 3 is 2.79 bits per heavy atom. The molecule has 0 aliphatic carbocycles. The average Bonchev–Trinajstić information content (AvgIpc) is 2.09. The molecule has 1 saturated heterocycles. The molecule has 3 heteroatoms. The van der Waals surface area contributed by atoms with Crippen LogP contribution in [0.4, 0.5) is 4.39 Å². The molecule has 0 unspecified atom stereocenters. The first-order valence-electron chi connectivity index (χ1n) is 4.94. The van der Waals surface area contributed by atoms with Crippen molar-refractivity contribution in [3.05, 3.63) is 34.1 Å². The summed E-state index contributed by atoms with van der Waals surface area (Å²) >= 11 is 5.92. The fraction of sp³-hybridized carbons (Fsp3) is 0.455. The van der Waals surface area contributed by atoms with Gasteiger partial charge in [-0.3, -0.25) is 0 Å². The Morgan fingerprint density at radius 1 is 1.57 bits per heavy atom. The highest BCUT2D eigenvalue weighted by Gasteiger charge is 2.22. The van der Waals surface area contributed by atoms with Gasteiger partial charge in [0.25, 0.3) is 0 Å². The smallest absolute Gasteiger partial charge is 0.142 e. The van der Waals surface area contributed by atoms with E-state index >= 15 is 0 Å². The van der Waals surface area contributed by atoms with Crippen LogP contribution in [-0.2, 0) is 6.42 Å². The lowest BCUT2D eigenvalue weighted by atomic mass is 9.92. The van der Waals surface area contributed by atoms with Gasteiger partial charge in [0.05, 0.1) is 5.02 Å². The maximum atomic E-state index is 13.2. The van der Waals surface area contributed by atoms with Gasteiger partial charge in [0.15, 0.2) is 0 Å². The summed E-state index contributed by atoms with van der Waals surface area (Å²) in [6.45, 7) is 3.05. The number of hydrogen-bond donors (Lipinski definition) is 1. The van der Waals surface area contributed by atoms with E-state index in [1.807, 2.05) is 13.0 Å². The zero-order chi connectivity index (χ0) is 10.1. The Morgan fingerprint density at radius 2 is 2.29 bits per heavy atom. The Kier molecular flexibility index (Phi) is 2.75. The van der Waals surface area contributed by atoms with E-state index < -0.39 is 0 Å². The van der Waals surface area contributed by atoms with Gasteiger partial charge in [0.1, 0.15) is 5.82 Å². The molecule has 1 fully saturated rings. The standard InChI is InChI=1S/C11H13ClFN/c1-2-7-8(10-5-6-14-10)3-4-9(13)11(7)12/h3-4,10,14H,2,5-6H2,1H3/t10-/m1/s1. The zero-order valence-electron chi connectivity index (χ0n) is 8.11. The minimum atomic E-state index is -0.313. The van der Waals surface area contributed by atoms with Crippen molar-refractivity contribution in [3.8, 4) is 0 Å². The molecule has 1 aromatic carbocycles. The second-order valence-electron chi connectivity index (χ2n) is 3.58. The Balaban J connectivity index is 2.43. The largest absolute Gasteiger partial charge is 0.310 e. The fourth-order valence-corrected chi connectivity index (χ4v) is 2.15. The van der Waals surface area contributed by atoms with Crippen LogP contribution in [0.5, 0.6) is 0 Å². The van der Waals surface area contributed by atoms with Gasteiger partial charge in [0, 0.05) is 6.04 Å². The van der Waals surface area contributed by atoms with Crippen LogP contribution >= 0.6 is 11.6 Å². The molecule has 1 aliphatic heterocycles. The van der Waals surface area contributed by atoms with Crippen LogP contribution in [0.15, 0.2) is 12.1 Å². The fourth-order valence-electron chi connectivity index (χ4n) is 1.85. The molecule has 0 saturated carbocycles. The lowest BCUT2D eigenvalue weighted by molar-refractivity contribution is 0.380. The molecule has 0 bridgehead atoms. The summed E-state index contributed by atoms with van der Waals surface area (Å²) in [6.07, 6.45) is 1.90. The van der Waals surface area contributed by atoms with Gasteiger partial charge < -0.3 is 5.32 Å². The van der Waals surface area contributed by atoms with Crippen LogP contribution in [0.2, 0.25) is 5.02 Å². The highest BCUT2D eigenvalue weighted by Crippen LogP contribution is 2.32. The molecule has 1 N–H and O–H groups in total. The first-order valence-corrected chi connectivity index (χ1v) is 5.32. The topological polar surface area (TPSA) is 12.0 Å². The molecule has 0 amide bonds. The second-order valence-corrected chi connectivity index (χ2v) is 3.96. The van der Waals surface area contributed by atoms with Crippen LogP contribution in [0, 0.1) is 5.82 Å². The maximum Gasteiger partial charge on any atom is 0.142 e. The summed E-state index contributed by atoms with van der Waals surface area (Å²) in [7, 11) is 0. The molecule has 14 heavy (non-hydrogen) atoms. The number of hydrogen-bond acceptors (Lipinski definition) is 1. The van der Waals surface area contributed by atoms with E-state index in [-0.39, 0.29) is 5.82 Å². The normalized spacial score (nSPS) is 20.6. The molecule has 1 atom stereocenters. The van der Waals surface area contributed by atoms with Crippen molar-refractivity contribution in [2.45, 2.75) is 25.8 Å². The molecule has 1 aliphatic rings. The van der Waals surface area contributed by atoms with Crippen LogP contribution in [0.3, 0.4) is 0 Å². The lowest BCUT2D eigenvalue weighted by Crippen LogP contribution is -2.35. The van der Waals surface area contributed by atoms with Crippen LogP contribution in [0.25, 0.3) is 0 Å². The van der Waals surface area contributed by atoms with E-state index in [2.05, 4.69) is 5.32 Å². The summed E-state index contributed by atoms with van der Waals surface area (Å²) in [5.41, 5.74) is 2.11. The minimum absolute atomic E-state index is 0.290. The van der Waals surface area contributed by atoms with E-state index in [0.717, 1.165) is 30.5 Å². The number of nitrogens with one attached hydrogen (secondary N) is 1. The molecular formula is C11H13ClFN. The summed E-state index contributed by atoms with van der Waals surface area (Å²) in [5.74, 6) is -0.313. The van der Waals surface area contributed by atoms with Crippen molar-refractivity contribution >= 4 is 11.6 Å². The van der Waals surface area contributed by atoms with Crippen molar-refractivity contribution in [1.29, 1.82) is 0 Å². The summed E-state index contributed by atoms with van der Waals surface area (Å²) in [5, 5.41) is 3.59. The third-order valence-electron chi connectivity index (χ3n) is 2.79. The second kappa shape index (κ2) is 3.87. The number of halogens is 2. The van der Waals surface area contributed by atoms with Gasteiger partial charge in [-0.05, 0) is 36.6 Å². The number of benzene rings is 1. The molecule has 1 heterocycles. The Bertz CT molecular complexity index is 347. The third-order valence-corrected chi connectivity index (χ3v) is 3.19. The zero-order valence-corrected chi connectivity index (χ0v) is 8.87. The summed E-state index contributed by atoms with van der Waals surface area (Å²) < 4.78 is 13.2. The molecule has 0 radical (unpaired) electrons. The van der Waals surface area contributed by atoms with E-state index in [4.69, 9.17) is 11.6 Å². The first kappa shape index (κ1) is 9.94. The van der Waals surface area contributed by atoms with Crippen LogP contribution in [0.1, 0.15) is 30.5 Å². The van der Waals surface area contributed by atoms with Gasteiger partial charge in [-0.25, -0.2) is 4.39 Å². The highest BCUT2D eigenvalue weighted by molar-refractivity contribution is 6.31. The SMILES string of the molecule is CCc1c([C@H]2CCN2)ccc(F)c1Cl. The van der Waals surface area contributed by atoms with Gasteiger partial charge in [0.2, 0.25) is 0 Å². The highest BCUT2D eigenvalue weighted by atomic mass is 35.5. The third kappa shape index (κ3) is 1.53. The predicted octanol–water partition coefficient (Wildman–Crippen LogP) is 3.08. The minimum Gasteiger partial charge on any atom is -0.310 e. The monoisotopic (exact) mass is 213 g/mol. The van der Waals surface area contributed by atoms with Crippen molar-refractivity contribution in [2.24, 2.45) is 0 Å². The van der Waals surface area contributed by atoms with Crippen molar-refractivity contribution in [3.63, 3.8) is 0 Å². The molecular weight excluding hydrogens is 201 g/mol.